The Morgan fingerprint density at radius 2 is 1.78 bits per heavy atom. The second kappa shape index (κ2) is 10.1. The highest BCUT2D eigenvalue weighted by atomic mass is 35.5. The van der Waals surface area contributed by atoms with Gasteiger partial charge in [-0.3, -0.25) is 4.79 Å². The zero-order chi connectivity index (χ0) is 25.5. The van der Waals surface area contributed by atoms with Gasteiger partial charge in [-0.1, -0.05) is 47.5 Å². The number of fused-ring (bicyclic) bond motifs is 2. The molecule has 190 valence electrons. The number of carbonyl (C=O) groups is 1. The van der Waals surface area contributed by atoms with Crippen LogP contribution in [0.25, 0.3) is 21.2 Å². The number of nitrogens with zero attached hydrogens (tertiary/aromatic N) is 1. The molecular weight excluding hydrogens is 534 g/mol. The highest BCUT2D eigenvalue weighted by Crippen LogP contribution is 2.46. The van der Waals surface area contributed by atoms with Crippen molar-refractivity contribution < 1.29 is 18.7 Å². The molecule has 37 heavy (non-hydrogen) atoms. The van der Waals surface area contributed by atoms with Crippen LogP contribution in [0.4, 0.5) is 10.1 Å². The summed E-state index contributed by atoms with van der Waals surface area (Å²) in [6.07, 6.45) is 0.654. The van der Waals surface area contributed by atoms with Crippen molar-refractivity contribution in [1.29, 1.82) is 0 Å². The van der Waals surface area contributed by atoms with Crippen LogP contribution in [0.15, 0.2) is 54.6 Å². The average Bonchev–Trinajstić information content (AvgIpc) is 3.31. The lowest BCUT2D eigenvalue weighted by Gasteiger charge is -2.30. The summed E-state index contributed by atoms with van der Waals surface area (Å²) >= 11 is 13.9. The fraction of sp³-hybridized carbons (Fsp3) is 0.250. The zero-order valence-electron chi connectivity index (χ0n) is 19.7. The van der Waals surface area contributed by atoms with Gasteiger partial charge < -0.3 is 19.7 Å². The Morgan fingerprint density at radius 1 is 1.03 bits per heavy atom. The lowest BCUT2D eigenvalue weighted by molar-refractivity contribution is 0.0928. The zero-order valence-corrected chi connectivity index (χ0v) is 22.1. The van der Waals surface area contributed by atoms with Gasteiger partial charge in [-0.15, -0.1) is 11.3 Å². The van der Waals surface area contributed by atoms with E-state index in [4.69, 9.17) is 32.7 Å². The van der Waals surface area contributed by atoms with Gasteiger partial charge in [-0.25, -0.2) is 4.39 Å². The number of hydrogen-bond donors (Lipinski definition) is 1. The van der Waals surface area contributed by atoms with Crippen molar-refractivity contribution in [3.8, 4) is 16.9 Å². The van der Waals surface area contributed by atoms with Crippen molar-refractivity contribution >= 4 is 56.2 Å². The largest absolute Gasteiger partial charge is 0.493 e. The molecule has 6 rings (SSSR count). The van der Waals surface area contributed by atoms with E-state index in [0.29, 0.717) is 70.0 Å². The van der Waals surface area contributed by atoms with Crippen molar-refractivity contribution in [1.82, 2.24) is 5.32 Å². The number of halogens is 3. The quantitative estimate of drug-likeness (QED) is 0.291. The number of hydrogen-bond acceptors (Lipinski definition) is 5. The topological polar surface area (TPSA) is 50.8 Å². The molecule has 1 saturated heterocycles. The molecule has 4 aromatic rings. The summed E-state index contributed by atoms with van der Waals surface area (Å²) in [5.74, 6) is 0.161. The molecule has 0 bridgehead atoms. The molecule has 2 aliphatic rings. The second-order valence-corrected chi connectivity index (χ2v) is 10.9. The SMILES string of the molecule is O=C(NC1CCOc2ccccc21)c1sc2c(-c3cc(Cl)cc(Cl)c3)ccc(F)c2c1N1CCOCC1. The summed E-state index contributed by atoms with van der Waals surface area (Å²) in [4.78, 5) is 16.4. The normalized spacial score (nSPS) is 17.4. The van der Waals surface area contributed by atoms with Gasteiger partial charge >= 0.3 is 0 Å². The number of thiophene rings is 1. The smallest absolute Gasteiger partial charge is 0.264 e. The molecule has 0 saturated carbocycles. The first-order chi connectivity index (χ1) is 18.0. The molecule has 3 aromatic carbocycles. The first-order valence-corrected chi connectivity index (χ1v) is 13.6. The Morgan fingerprint density at radius 3 is 2.57 bits per heavy atom. The maximum Gasteiger partial charge on any atom is 0.264 e. The highest BCUT2D eigenvalue weighted by Gasteiger charge is 2.30. The minimum atomic E-state index is -0.375. The van der Waals surface area contributed by atoms with E-state index in [1.165, 1.54) is 17.4 Å². The van der Waals surface area contributed by atoms with Gasteiger partial charge in [-0.2, -0.15) is 0 Å². The third kappa shape index (κ3) is 4.66. The summed E-state index contributed by atoms with van der Waals surface area (Å²) in [5.41, 5.74) is 3.09. The summed E-state index contributed by atoms with van der Waals surface area (Å²) < 4.78 is 27.5. The van der Waals surface area contributed by atoms with Crippen LogP contribution in [-0.4, -0.2) is 38.8 Å². The minimum absolute atomic E-state index is 0.198. The van der Waals surface area contributed by atoms with Crippen LogP contribution in [-0.2, 0) is 4.74 Å². The number of morpholine rings is 1. The molecule has 1 fully saturated rings. The van der Waals surface area contributed by atoms with Crippen LogP contribution in [0, 0.1) is 5.82 Å². The molecule has 0 radical (unpaired) electrons. The molecule has 3 heterocycles. The maximum absolute atomic E-state index is 15.5. The van der Waals surface area contributed by atoms with Crippen molar-refractivity contribution in [3.05, 3.63) is 80.9 Å². The average molecular weight is 557 g/mol. The number of carbonyl (C=O) groups excluding carboxylic acids is 1. The summed E-state index contributed by atoms with van der Waals surface area (Å²) in [6, 6.07) is 15.9. The highest BCUT2D eigenvalue weighted by molar-refractivity contribution is 7.22. The number of ether oxygens (including phenoxy) is 2. The molecule has 2 aliphatic heterocycles. The number of benzene rings is 3. The molecule has 1 unspecified atom stereocenters. The van der Waals surface area contributed by atoms with E-state index in [2.05, 4.69) is 5.32 Å². The number of anilines is 1. The van der Waals surface area contributed by atoms with Gasteiger partial charge in [0, 0.05) is 39.8 Å². The Bertz CT molecular complexity index is 1480. The predicted octanol–water partition coefficient (Wildman–Crippen LogP) is 7.10. The third-order valence-corrected chi connectivity index (χ3v) is 8.38. The van der Waals surface area contributed by atoms with Crippen molar-refractivity contribution in [2.75, 3.05) is 37.8 Å². The van der Waals surface area contributed by atoms with E-state index in [-0.39, 0.29) is 17.8 Å². The molecular formula is C28H23Cl2FN2O3S. The molecule has 1 amide bonds. The lowest BCUT2D eigenvalue weighted by atomic mass is 10.00. The number of para-hydroxylation sites is 1. The molecule has 5 nitrogen and oxygen atoms in total. The van der Waals surface area contributed by atoms with Crippen LogP contribution in [0.2, 0.25) is 10.0 Å². The van der Waals surface area contributed by atoms with Gasteiger partial charge in [0.05, 0.1) is 36.9 Å². The monoisotopic (exact) mass is 556 g/mol. The molecule has 1 aromatic heterocycles. The van der Waals surface area contributed by atoms with Crippen molar-refractivity contribution in [2.24, 2.45) is 0 Å². The number of amides is 1. The number of nitrogens with one attached hydrogen (secondary N) is 1. The van der Waals surface area contributed by atoms with E-state index in [9.17, 15) is 4.79 Å². The van der Waals surface area contributed by atoms with Crippen LogP contribution in [0.3, 0.4) is 0 Å². The van der Waals surface area contributed by atoms with Gasteiger partial charge in [-0.05, 0) is 41.5 Å². The number of rotatable bonds is 4. The molecule has 1 N–H and O–H groups in total. The molecule has 1 atom stereocenters. The molecule has 9 heteroatoms. The predicted molar refractivity (Wildman–Crippen MR) is 147 cm³/mol. The maximum atomic E-state index is 15.5. The van der Waals surface area contributed by atoms with Crippen LogP contribution in [0.5, 0.6) is 5.75 Å². The summed E-state index contributed by atoms with van der Waals surface area (Å²) in [6.45, 7) is 2.67. The first-order valence-electron chi connectivity index (χ1n) is 12.1. The Hall–Kier alpha value is -2.84. The Labute approximate surface area is 227 Å². The lowest BCUT2D eigenvalue weighted by Crippen LogP contribution is -2.38. The molecule has 0 aliphatic carbocycles. The Kier molecular flexibility index (Phi) is 6.71. The minimum Gasteiger partial charge on any atom is -0.493 e. The Balaban J connectivity index is 1.49. The van der Waals surface area contributed by atoms with Crippen LogP contribution >= 0.6 is 34.5 Å². The van der Waals surface area contributed by atoms with Crippen LogP contribution < -0.4 is 15.0 Å². The second-order valence-electron chi connectivity index (χ2n) is 9.04. The van der Waals surface area contributed by atoms with E-state index in [1.807, 2.05) is 29.2 Å². The molecule has 0 spiro atoms. The van der Waals surface area contributed by atoms with E-state index >= 15 is 4.39 Å². The van der Waals surface area contributed by atoms with Gasteiger partial charge in [0.2, 0.25) is 0 Å². The standard InChI is InChI=1S/C28H23Cl2FN2O3S/c29-17-13-16(14-18(30)15-17)19-5-6-21(31)24-25(33-8-11-35-12-9-33)27(37-26(19)24)28(34)32-22-7-10-36-23-4-2-1-3-20(22)23/h1-6,13-15,22H,7-12H2,(H,32,34). The van der Waals surface area contributed by atoms with Gasteiger partial charge in [0.25, 0.3) is 5.91 Å². The fourth-order valence-electron chi connectivity index (χ4n) is 5.04. The van der Waals surface area contributed by atoms with Gasteiger partial charge in [0.15, 0.2) is 0 Å². The summed E-state index contributed by atoms with van der Waals surface area (Å²) in [5, 5.41) is 4.60. The summed E-state index contributed by atoms with van der Waals surface area (Å²) in [7, 11) is 0. The van der Waals surface area contributed by atoms with E-state index < -0.39 is 0 Å². The third-order valence-electron chi connectivity index (χ3n) is 6.73. The van der Waals surface area contributed by atoms with Crippen LogP contribution in [0.1, 0.15) is 27.7 Å². The van der Waals surface area contributed by atoms with Gasteiger partial charge in [0.1, 0.15) is 16.4 Å². The van der Waals surface area contributed by atoms with Crippen molar-refractivity contribution in [3.63, 3.8) is 0 Å². The van der Waals surface area contributed by atoms with E-state index in [1.54, 1.807) is 24.3 Å². The first kappa shape index (κ1) is 24.5. The fourth-order valence-corrected chi connectivity index (χ4v) is 6.85. The van der Waals surface area contributed by atoms with Crippen molar-refractivity contribution in [2.45, 2.75) is 12.5 Å². The van der Waals surface area contributed by atoms with E-state index in [0.717, 1.165) is 22.4 Å².